The summed E-state index contributed by atoms with van der Waals surface area (Å²) in [7, 11) is -0.856. The fourth-order valence-corrected chi connectivity index (χ4v) is 6.29. The fraction of sp³-hybridized carbons (Fsp3) is 0.316. The largest absolute Gasteiger partial charge is 0.543 e. The molecule has 0 spiro atoms. The Morgan fingerprint density at radius 2 is 2.00 bits per heavy atom. The molecule has 0 radical (unpaired) electrons. The number of carbonyl (C=O) groups excluding carboxylic acids is 3. The average Bonchev–Trinajstić information content (AvgIpc) is 3.55. The number of carbonyl (C=O) groups is 3. The highest BCUT2D eigenvalue weighted by Crippen LogP contribution is 2.33. The van der Waals surface area contributed by atoms with Crippen LogP contribution in [-0.2, 0) is 10.9 Å². The first-order valence-corrected chi connectivity index (χ1v) is 12.7. The standard InChI is InChI=1S/C19H18ClN7O4S2/c1-33(19-24-26-27-25-19)16-13(15(29)30)22-18(32-16)23-17(31)21-12-7-6-10(20)8-11(12)14(28)9-4-2-3-5-9/h6-9H,2-5H2,1H3,(H3-,21,22,23,24,25,26,27,28,29,30,31). The SMILES string of the molecule is C[S+](c1nn[nH]n1)c1sc(NC(=O)Nc2ccc(Cl)cc2C(=O)C2CCCC2)nc1C(=O)[O-]. The van der Waals surface area contributed by atoms with Crippen molar-refractivity contribution in [2.45, 2.75) is 35.0 Å². The van der Waals surface area contributed by atoms with E-state index in [9.17, 15) is 19.5 Å². The van der Waals surface area contributed by atoms with Crippen LogP contribution < -0.4 is 15.7 Å². The van der Waals surface area contributed by atoms with Crippen LogP contribution in [0.5, 0.6) is 0 Å². The highest BCUT2D eigenvalue weighted by Gasteiger charge is 2.33. The molecule has 1 aliphatic carbocycles. The summed E-state index contributed by atoms with van der Waals surface area (Å²) in [5, 5.41) is 31.0. The van der Waals surface area contributed by atoms with Crippen molar-refractivity contribution in [1.82, 2.24) is 25.6 Å². The van der Waals surface area contributed by atoms with E-state index in [1.165, 1.54) is 0 Å². The number of thiazole rings is 1. The maximum absolute atomic E-state index is 12.9. The number of Topliss-reactive ketones (excluding diaryl/α,β-unsaturated/α-hetero) is 1. The van der Waals surface area contributed by atoms with Crippen molar-refractivity contribution >= 4 is 62.4 Å². The van der Waals surface area contributed by atoms with Crippen LogP contribution in [0.4, 0.5) is 15.6 Å². The summed E-state index contributed by atoms with van der Waals surface area (Å²) in [5.74, 6) is -1.64. The number of carboxylic acids is 1. The molecular formula is C19H18ClN7O4S2. The van der Waals surface area contributed by atoms with E-state index in [0.29, 0.717) is 25.6 Å². The van der Waals surface area contributed by atoms with Gasteiger partial charge >= 0.3 is 11.2 Å². The van der Waals surface area contributed by atoms with Gasteiger partial charge in [0.05, 0.1) is 11.7 Å². The number of benzene rings is 1. The summed E-state index contributed by atoms with van der Waals surface area (Å²) in [6.07, 6.45) is 5.32. The predicted octanol–water partition coefficient (Wildman–Crippen LogP) is 2.36. The van der Waals surface area contributed by atoms with Crippen molar-refractivity contribution in [3.63, 3.8) is 0 Å². The minimum Gasteiger partial charge on any atom is -0.543 e. The Labute approximate surface area is 199 Å². The minimum atomic E-state index is -1.49. The Bertz CT molecular complexity index is 1190. The molecule has 1 fully saturated rings. The lowest BCUT2D eigenvalue weighted by molar-refractivity contribution is -0.255. The summed E-state index contributed by atoms with van der Waals surface area (Å²) in [5.41, 5.74) is 0.342. The lowest BCUT2D eigenvalue weighted by atomic mass is 9.95. The summed E-state index contributed by atoms with van der Waals surface area (Å²) < 4.78 is 0.329. The van der Waals surface area contributed by atoms with Gasteiger partial charge in [0.25, 0.3) is 0 Å². The number of H-pyrrole nitrogens is 1. The van der Waals surface area contributed by atoms with E-state index in [-0.39, 0.29) is 22.5 Å². The number of ketones is 1. The van der Waals surface area contributed by atoms with E-state index >= 15 is 0 Å². The monoisotopic (exact) mass is 507 g/mol. The van der Waals surface area contributed by atoms with Gasteiger partial charge < -0.3 is 15.2 Å². The van der Waals surface area contributed by atoms with Gasteiger partial charge in [-0.1, -0.05) is 34.6 Å². The highest BCUT2D eigenvalue weighted by molar-refractivity contribution is 7.98. The van der Waals surface area contributed by atoms with Gasteiger partial charge in [0, 0.05) is 16.5 Å². The second-order valence-electron chi connectivity index (χ2n) is 7.26. The van der Waals surface area contributed by atoms with Crippen LogP contribution in [-0.4, -0.2) is 49.6 Å². The molecule has 11 nitrogen and oxygen atoms in total. The number of aromatic amines is 1. The zero-order valence-corrected chi connectivity index (χ0v) is 19.6. The first kappa shape index (κ1) is 23.1. The first-order chi connectivity index (χ1) is 15.8. The van der Waals surface area contributed by atoms with Gasteiger partial charge in [-0.3, -0.25) is 10.1 Å². The Hall–Kier alpha value is -3.03. The molecule has 3 N–H and O–H groups in total. The van der Waals surface area contributed by atoms with Gasteiger partial charge in [0.15, 0.2) is 16.6 Å². The smallest absolute Gasteiger partial charge is 0.389 e. The van der Waals surface area contributed by atoms with Gasteiger partial charge in [-0.05, 0) is 47.6 Å². The third-order valence-electron chi connectivity index (χ3n) is 5.11. The van der Waals surface area contributed by atoms with Gasteiger partial charge in [-0.15, -0.1) is 0 Å². The van der Waals surface area contributed by atoms with Crippen molar-refractivity contribution in [2.24, 2.45) is 5.92 Å². The van der Waals surface area contributed by atoms with Crippen LogP contribution in [0.2, 0.25) is 5.02 Å². The first-order valence-electron chi connectivity index (χ1n) is 9.87. The highest BCUT2D eigenvalue weighted by atomic mass is 35.5. The van der Waals surface area contributed by atoms with Gasteiger partial charge in [0.1, 0.15) is 17.2 Å². The number of nitrogens with one attached hydrogen (secondary N) is 3. The van der Waals surface area contributed by atoms with Crippen LogP contribution in [0, 0.1) is 5.92 Å². The average molecular weight is 508 g/mol. The number of nitrogens with zero attached hydrogens (tertiary/aromatic N) is 4. The molecule has 0 bridgehead atoms. The number of hydrogen-bond donors (Lipinski definition) is 3. The number of tetrazole rings is 1. The molecule has 1 aliphatic rings. The second-order valence-corrected chi connectivity index (χ2v) is 10.7. The van der Waals surface area contributed by atoms with Gasteiger partial charge in [0.2, 0.25) is 4.21 Å². The summed E-state index contributed by atoms with van der Waals surface area (Å²) >= 11 is 7.05. The van der Waals surface area contributed by atoms with E-state index in [0.717, 1.165) is 37.0 Å². The lowest BCUT2D eigenvalue weighted by Crippen LogP contribution is -2.25. The van der Waals surface area contributed by atoms with Crippen molar-refractivity contribution < 1.29 is 19.5 Å². The Morgan fingerprint density at radius 3 is 2.67 bits per heavy atom. The van der Waals surface area contributed by atoms with E-state index in [1.807, 2.05) is 0 Å². The Morgan fingerprint density at radius 1 is 1.24 bits per heavy atom. The molecule has 3 aromatic rings. The second kappa shape index (κ2) is 9.85. The van der Waals surface area contributed by atoms with E-state index in [4.69, 9.17) is 11.6 Å². The van der Waals surface area contributed by atoms with E-state index in [2.05, 4.69) is 36.2 Å². The van der Waals surface area contributed by atoms with Crippen molar-refractivity contribution in [2.75, 3.05) is 16.9 Å². The molecule has 1 aromatic carbocycles. The number of urea groups is 1. The lowest BCUT2D eigenvalue weighted by Gasteiger charge is -2.14. The normalized spacial score (nSPS) is 14.7. The number of aromatic nitrogens is 5. The zero-order valence-electron chi connectivity index (χ0n) is 17.3. The molecular weight excluding hydrogens is 490 g/mol. The molecule has 2 aromatic heterocycles. The molecule has 1 unspecified atom stereocenters. The minimum absolute atomic E-state index is 0.0437. The maximum atomic E-state index is 12.9. The number of amides is 2. The number of anilines is 2. The van der Waals surface area contributed by atoms with Gasteiger partial charge in [-0.2, -0.15) is 5.21 Å². The van der Waals surface area contributed by atoms with Crippen LogP contribution in [0.3, 0.4) is 0 Å². The van der Waals surface area contributed by atoms with E-state index < -0.39 is 22.9 Å². The molecule has 2 amide bonds. The number of aromatic carboxylic acids is 1. The third kappa shape index (κ3) is 5.15. The zero-order chi connectivity index (χ0) is 23.5. The molecule has 33 heavy (non-hydrogen) atoms. The Kier molecular flexibility index (Phi) is 6.91. The quantitative estimate of drug-likeness (QED) is 0.323. The molecule has 4 rings (SSSR count). The van der Waals surface area contributed by atoms with Crippen molar-refractivity contribution in [1.29, 1.82) is 0 Å². The molecule has 2 heterocycles. The van der Waals surface area contributed by atoms with Gasteiger partial charge in [-0.25, -0.2) is 9.78 Å². The molecule has 0 saturated heterocycles. The number of halogens is 1. The summed E-state index contributed by atoms with van der Waals surface area (Å²) in [6.45, 7) is 0. The molecule has 172 valence electrons. The van der Waals surface area contributed by atoms with Crippen molar-refractivity contribution in [3.05, 3.63) is 34.5 Å². The van der Waals surface area contributed by atoms with Crippen LogP contribution in [0.1, 0.15) is 46.5 Å². The Balaban J connectivity index is 1.53. The molecule has 0 aliphatic heterocycles. The maximum Gasteiger partial charge on any atom is 0.389 e. The predicted molar refractivity (Wildman–Crippen MR) is 121 cm³/mol. The number of hydrogen-bond acceptors (Lipinski definition) is 9. The number of rotatable bonds is 7. The van der Waals surface area contributed by atoms with Crippen molar-refractivity contribution in [3.8, 4) is 0 Å². The fourth-order valence-electron chi connectivity index (χ4n) is 3.55. The molecule has 1 saturated carbocycles. The molecule has 14 heteroatoms. The van der Waals surface area contributed by atoms with Crippen LogP contribution >= 0.6 is 22.9 Å². The van der Waals surface area contributed by atoms with Crippen LogP contribution in [0.15, 0.2) is 27.6 Å². The topological polar surface area (TPSA) is 166 Å². The summed E-state index contributed by atoms with van der Waals surface area (Å²) in [4.78, 5) is 41.1. The van der Waals surface area contributed by atoms with Crippen LogP contribution in [0.25, 0.3) is 0 Å². The van der Waals surface area contributed by atoms with E-state index in [1.54, 1.807) is 24.5 Å². The number of carboxylic acid groups (broad SMARTS) is 1. The third-order valence-corrected chi connectivity index (χ3v) is 8.58. The molecule has 1 atom stereocenters. The summed E-state index contributed by atoms with van der Waals surface area (Å²) in [6, 6.07) is 4.00.